The minimum absolute atomic E-state index is 0.0244. The van der Waals surface area contributed by atoms with Crippen molar-refractivity contribution in [3.8, 4) is 17.3 Å². The number of fused-ring (bicyclic) bond motifs is 1. The second-order valence-corrected chi connectivity index (χ2v) is 8.33. The van der Waals surface area contributed by atoms with Crippen LogP contribution in [-0.4, -0.2) is 46.3 Å². The second kappa shape index (κ2) is 8.23. The van der Waals surface area contributed by atoms with Gasteiger partial charge in [0.05, 0.1) is 30.5 Å². The molecule has 1 saturated heterocycles. The third-order valence-corrected chi connectivity index (χ3v) is 6.21. The van der Waals surface area contributed by atoms with Crippen LogP contribution in [0.1, 0.15) is 30.6 Å². The van der Waals surface area contributed by atoms with Gasteiger partial charge >= 0.3 is 0 Å². The van der Waals surface area contributed by atoms with Gasteiger partial charge in [-0.3, -0.25) is 0 Å². The van der Waals surface area contributed by atoms with E-state index >= 15 is 0 Å². The number of pyridine rings is 1. The van der Waals surface area contributed by atoms with Crippen LogP contribution >= 0.6 is 11.3 Å². The molecule has 0 aromatic carbocycles. The maximum atomic E-state index is 14.2. The lowest BCUT2D eigenvalue weighted by molar-refractivity contribution is 0.167. The molecule has 2 atom stereocenters. The first-order valence-corrected chi connectivity index (χ1v) is 11.0. The third kappa shape index (κ3) is 3.87. The fraction of sp³-hybridized carbons (Fsp3) is 0.429. The molecular weight excluding hydrogens is 405 g/mol. The molecule has 5 heterocycles. The van der Waals surface area contributed by atoms with Gasteiger partial charge < -0.3 is 14.4 Å². The average molecular weight is 428 g/mol. The van der Waals surface area contributed by atoms with E-state index in [9.17, 15) is 4.39 Å². The number of hydrogen-bond acceptors (Lipinski definition) is 8. The van der Waals surface area contributed by atoms with Gasteiger partial charge in [-0.05, 0) is 13.3 Å². The Kier molecular flexibility index (Phi) is 5.30. The Balaban J connectivity index is 1.36. The highest BCUT2D eigenvalue weighted by molar-refractivity contribution is 7.07. The highest BCUT2D eigenvalue weighted by Crippen LogP contribution is 2.34. The normalized spacial score (nSPS) is 20.9. The van der Waals surface area contributed by atoms with E-state index in [1.165, 1.54) is 17.4 Å². The molecule has 0 spiro atoms. The molecule has 9 heteroatoms. The molecule has 1 fully saturated rings. The summed E-state index contributed by atoms with van der Waals surface area (Å²) >= 11 is 1.52. The van der Waals surface area contributed by atoms with Crippen molar-refractivity contribution in [2.24, 2.45) is 5.92 Å². The van der Waals surface area contributed by atoms with E-state index < -0.39 is 5.95 Å². The van der Waals surface area contributed by atoms with E-state index in [4.69, 9.17) is 14.5 Å². The molecule has 30 heavy (non-hydrogen) atoms. The molecule has 0 amide bonds. The predicted octanol–water partition coefficient (Wildman–Crippen LogP) is 3.67. The maximum absolute atomic E-state index is 14.2. The van der Waals surface area contributed by atoms with E-state index in [-0.39, 0.29) is 6.04 Å². The first-order valence-electron chi connectivity index (χ1n) is 10.1. The molecule has 7 nitrogen and oxygen atoms in total. The molecule has 3 aromatic rings. The number of aromatic nitrogens is 4. The first kappa shape index (κ1) is 19.3. The number of hydrogen-bond donors (Lipinski definition) is 0. The van der Waals surface area contributed by atoms with E-state index in [1.807, 2.05) is 17.6 Å². The molecule has 0 saturated carbocycles. The van der Waals surface area contributed by atoms with Crippen LogP contribution in [0.5, 0.6) is 5.75 Å². The zero-order valence-electron chi connectivity index (χ0n) is 16.6. The lowest BCUT2D eigenvalue weighted by atomic mass is 9.99. The van der Waals surface area contributed by atoms with Gasteiger partial charge in [-0.1, -0.05) is 0 Å². The van der Waals surface area contributed by atoms with E-state index in [1.54, 1.807) is 5.51 Å². The molecule has 0 bridgehead atoms. The quantitative estimate of drug-likeness (QED) is 0.575. The van der Waals surface area contributed by atoms with Gasteiger partial charge in [-0.15, -0.1) is 11.3 Å². The zero-order chi connectivity index (χ0) is 20.5. The fourth-order valence-electron chi connectivity index (χ4n) is 3.94. The summed E-state index contributed by atoms with van der Waals surface area (Å²) in [7, 11) is 0. The summed E-state index contributed by atoms with van der Waals surface area (Å²) < 4.78 is 25.5. The minimum atomic E-state index is -0.543. The van der Waals surface area contributed by atoms with Crippen molar-refractivity contribution >= 4 is 17.2 Å². The topological polar surface area (TPSA) is 73.3 Å². The Morgan fingerprint density at radius 3 is 3.03 bits per heavy atom. The van der Waals surface area contributed by atoms with Gasteiger partial charge in [-0.2, -0.15) is 4.39 Å². The highest BCUT2D eigenvalue weighted by Gasteiger charge is 2.28. The molecule has 0 N–H and O–H groups in total. The standard InChI is InChI=1S/C21H22FN5O2S/c1-13-16-8-23-21(18-11-30-12-24-18)25-17(16)2-4-27(13)20-7-15(6-19(22)26-20)29-10-14-3-5-28-9-14/h6-8,11-14H,2-5,9-10H2,1H3. The van der Waals surface area contributed by atoms with Crippen LogP contribution < -0.4 is 9.64 Å². The molecule has 2 aliphatic heterocycles. The molecule has 0 radical (unpaired) electrons. The van der Waals surface area contributed by atoms with Crippen LogP contribution in [0.15, 0.2) is 29.2 Å². The maximum Gasteiger partial charge on any atom is 0.218 e. The Bertz CT molecular complexity index is 1030. The Morgan fingerprint density at radius 2 is 2.23 bits per heavy atom. The zero-order valence-corrected chi connectivity index (χ0v) is 17.4. The summed E-state index contributed by atoms with van der Waals surface area (Å²) in [5.74, 6) is 1.52. The van der Waals surface area contributed by atoms with Crippen molar-refractivity contribution in [3.63, 3.8) is 0 Å². The number of thiazole rings is 1. The summed E-state index contributed by atoms with van der Waals surface area (Å²) in [5.41, 5.74) is 4.60. The lowest BCUT2D eigenvalue weighted by Crippen LogP contribution is -2.35. The third-order valence-electron chi connectivity index (χ3n) is 5.63. The van der Waals surface area contributed by atoms with Crippen molar-refractivity contribution in [2.75, 3.05) is 31.3 Å². The number of rotatable bonds is 5. The Labute approximate surface area is 177 Å². The molecule has 0 aliphatic carbocycles. The monoisotopic (exact) mass is 427 g/mol. The van der Waals surface area contributed by atoms with Crippen LogP contribution in [0.3, 0.4) is 0 Å². The largest absolute Gasteiger partial charge is 0.493 e. The predicted molar refractivity (Wildman–Crippen MR) is 111 cm³/mol. The van der Waals surface area contributed by atoms with Crippen LogP contribution in [0, 0.1) is 11.9 Å². The van der Waals surface area contributed by atoms with Crippen molar-refractivity contribution in [1.82, 2.24) is 19.9 Å². The van der Waals surface area contributed by atoms with Crippen LogP contribution in [0.4, 0.5) is 10.2 Å². The summed E-state index contributed by atoms with van der Waals surface area (Å²) in [4.78, 5) is 19.7. The van der Waals surface area contributed by atoms with E-state index in [0.29, 0.717) is 43.1 Å². The minimum Gasteiger partial charge on any atom is -0.493 e. The number of anilines is 1. The van der Waals surface area contributed by atoms with Crippen molar-refractivity contribution in [2.45, 2.75) is 25.8 Å². The average Bonchev–Trinajstić information content (AvgIpc) is 3.46. The summed E-state index contributed by atoms with van der Waals surface area (Å²) in [6.07, 6.45) is 3.56. The SMILES string of the molecule is CC1c2cnc(-c3cscn3)nc2CCN1c1cc(OCC2CCOC2)cc(F)n1. The van der Waals surface area contributed by atoms with Crippen LogP contribution in [0.25, 0.3) is 11.5 Å². The number of nitrogens with zero attached hydrogens (tertiary/aromatic N) is 5. The van der Waals surface area contributed by atoms with Crippen LogP contribution in [0.2, 0.25) is 0 Å². The number of ether oxygens (including phenoxy) is 2. The van der Waals surface area contributed by atoms with Crippen molar-refractivity contribution < 1.29 is 13.9 Å². The van der Waals surface area contributed by atoms with Gasteiger partial charge in [0.15, 0.2) is 5.82 Å². The van der Waals surface area contributed by atoms with Gasteiger partial charge in [-0.25, -0.2) is 19.9 Å². The van der Waals surface area contributed by atoms with Crippen molar-refractivity contribution in [3.05, 3.63) is 46.4 Å². The Hall–Kier alpha value is -2.65. The molecule has 156 valence electrons. The molecule has 5 rings (SSSR count). The first-order chi connectivity index (χ1) is 14.7. The summed E-state index contributed by atoms with van der Waals surface area (Å²) in [6.45, 7) is 4.74. The van der Waals surface area contributed by atoms with Crippen molar-refractivity contribution in [1.29, 1.82) is 0 Å². The fourth-order valence-corrected chi connectivity index (χ4v) is 4.47. The smallest absolute Gasteiger partial charge is 0.218 e. The highest BCUT2D eigenvalue weighted by atomic mass is 32.1. The lowest BCUT2D eigenvalue weighted by Gasteiger charge is -2.35. The van der Waals surface area contributed by atoms with E-state index in [2.05, 4.69) is 26.8 Å². The van der Waals surface area contributed by atoms with Gasteiger partial charge in [0.2, 0.25) is 5.95 Å². The molecule has 2 aliphatic rings. The molecular formula is C21H22FN5O2S. The summed E-state index contributed by atoms with van der Waals surface area (Å²) in [5, 5.41) is 1.94. The van der Waals surface area contributed by atoms with Gasteiger partial charge in [0.25, 0.3) is 0 Å². The van der Waals surface area contributed by atoms with Gasteiger partial charge in [0, 0.05) is 54.8 Å². The Morgan fingerprint density at radius 1 is 1.30 bits per heavy atom. The van der Waals surface area contributed by atoms with Gasteiger partial charge in [0.1, 0.15) is 17.3 Å². The number of halogens is 1. The summed E-state index contributed by atoms with van der Waals surface area (Å²) in [6, 6.07) is 3.12. The van der Waals surface area contributed by atoms with Crippen LogP contribution in [-0.2, 0) is 11.2 Å². The van der Waals surface area contributed by atoms with E-state index in [0.717, 1.165) is 36.4 Å². The second-order valence-electron chi connectivity index (χ2n) is 7.61. The molecule has 2 unspecified atom stereocenters. The molecule has 3 aromatic heterocycles.